The van der Waals surface area contributed by atoms with E-state index >= 15 is 0 Å². The maximum Gasteiger partial charge on any atom is 0.317 e. The summed E-state index contributed by atoms with van der Waals surface area (Å²) >= 11 is 0. The highest BCUT2D eigenvalue weighted by atomic mass is 16.5. The third-order valence-corrected chi connectivity index (χ3v) is 5.30. The highest BCUT2D eigenvalue weighted by Gasteiger charge is 2.30. The van der Waals surface area contributed by atoms with Gasteiger partial charge in [-0.25, -0.2) is 4.79 Å². The van der Waals surface area contributed by atoms with Crippen LogP contribution < -0.4 is 10.1 Å². The number of methoxy groups -OCH3 is 1. The van der Waals surface area contributed by atoms with Crippen molar-refractivity contribution in [1.82, 2.24) is 20.4 Å². The number of ether oxygens (including phenoxy) is 1. The quantitative estimate of drug-likeness (QED) is 0.845. The van der Waals surface area contributed by atoms with Crippen molar-refractivity contribution in [3.63, 3.8) is 0 Å². The van der Waals surface area contributed by atoms with Crippen molar-refractivity contribution in [3.8, 4) is 5.75 Å². The first-order valence-corrected chi connectivity index (χ1v) is 9.69. The van der Waals surface area contributed by atoms with Gasteiger partial charge in [0.2, 0.25) is 5.89 Å². The zero-order chi connectivity index (χ0) is 18.6. The number of carbonyl (C=O) groups excluding carboxylic acids is 1. The Labute approximate surface area is 159 Å². The second-order valence-corrected chi connectivity index (χ2v) is 7.49. The number of nitrogens with one attached hydrogen (secondary N) is 1. The zero-order valence-electron chi connectivity index (χ0n) is 15.7. The molecule has 7 heteroatoms. The van der Waals surface area contributed by atoms with Crippen LogP contribution in [-0.2, 0) is 13.0 Å². The predicted octanol–water partition coefficient (Wildman–Crippen LogP) is 3.12. The Hall–Kier alpha value is -2.57. The molecule has 1 aromatic carbocycles. The number of urea groups is 1. The van der Waals surface area contributed by atoms with E-state index in [1.165, 1.54) is 12.8 Å². The van der Waals surface area contributed by atoms with Crippen molar-refractivity contribution in [2.75, 3.05) is 20.2 Å². The van der Waals surface area contributed by atoms with Crippen LogP contribution >= 0.6 is 0 Å². The molecule has 1 saturated carbocycles. The molecule has 1 N–H and O–H groups in total. The van der Waals surface area contributed by atoms with Gasteiger partial charge in [-0.15, -0.1) is 0 Å². The van der Waals surface area contributed by atoms with E-state index in [1.54, 1.807) is 7.11 Å². The van der Waals surface area contributed by atoms with Gasteiger partial charge in [-0.1, -0.05) is 17.3 Å². The average molecular weight is 370 g/mol. The maximum absolute atomic E-state index is 12.5. The van der Waals surface area contributed by atoms with Crippen molar-refractivity contribution in [2.45, 2.75) is 44.6 Å². The van der Waals surface area contributed by atoms with Crippen molar-refractivity contribution < 1.29 is 14.1 Å². The summed E-state index contributed by atoms with van der Waals surface area (Å²) in [5, 5.41) is 7.10. The largest absolute Gasteiger partial charge is 0.497 e. The van der Waals surface area contributed by atoms with Gasteiger partial charge in [-0.05, 0) is 49.3 Å². The molecule has 2 amide bonds. The fraction of sp³-hybridized carbons (Fsp3) is 0.550. The van der Waals surface area contributed by atoms with Crippen LogP contribution in [0.25, 0.3) is 0 Å². The molecule has 7 nitrogen and oxygen atoms in total. The summed E-state index contributed by atoms with van der Waals surface area (Å²) in [5.74, 6) is 3.26. The first kappa shape index (κ1) is 17.8. The van der Waals surface area contributed by atoms with Crippen LogP contribution in [-0.4, -0.2) is 41.3 Å². The topological polar surface area (TPSA) is 80.5 Å². The molecule has 1 aromatic heterocycles. The molecule has 2 aromatic rings. The van der Waals surface area contributed by atoms with Gasteiger partial charge < -0.3 is 19.5 Å². The lowest BCUT2D eigenvalue weighted by Crippen LogP contribution is -2.45. The first-order chi connectivity index (χ1) is 13.2. The Morgan fingerprint density at radius 1 is 1.30 bits per heavy atom. The van der Waals surface area contributed by atoms with Crippen molar-refractivity contribution in [3.05, 3.63) is 41.5 Å². The van der Waals surface area contributed by atoms with E-state index in [0.717, 1.165) is 49.5 Å². The number of benzene rings is 1. The minimum Gasteiger partial charge on any atom is -0.497 e. The summed E-state index contributed by atoms with van der Waals surface area (Å²) in [5.41, 5.74) is 1.05. The maximum atomic E-state index is 12.5. The molecular weight excluding hydrogens is 344 g/mol. The number of nitrogens with zero attached hydrogens (tertiary/aromatic N) is 3. The number of piperidine rings is 1. The third kappa shape index (κ3) is 4.59. The average Bonchev–Trinajstić information content (AvgIpc) is 3.46. The van der Waals surface area contributed by atoms with E-state index in [9.17, 15) is 4.79 Å². The van der Waals surface area contributed by atoms with Gasteiger partial charge in [0.1, 0.15) is 5.75 Å². The highest BCUT2D eigenvalue weighted by molar-refractivity contribution is 5.74. The molecule has 2 fully saturated rings. The molecule has 4 rings (SSSR count). The van der Waals surface area contributed by atoms with Crippen LogP contribution in [0.3, 0.4) is 0 Å². The molecule has 144 valence electrons. The Balaban J connectivity index is 1.26. The summed E-state index contributed by atoms with van der Waals surface area (Å²) in [7, 11) is 1.64. The smallest absolute Gasteiger partial charge is 0.317 e. The van der Waals surface area contributed by atoms with Gasteiger partial charge >= 0.3 is 6.03 Å². The molecule has 2 aliphatic rings. The van der Waals surface area contributed by atoms with Gasteiger partial charge in [0.15, 0.2) is 5.82 Å². The summed E-state index contributed by atoms with van der Waals surface area (Å²) in [4.78, 5) is 19.0. The molecular formula is C20H26N4O3. The molecule has 1 saturated heterocycles. The van der Waals surface area contributed by atoms with E-state index in [2.05, 4.69) is 15.5 Å². The number of carbonyl (C=O) groups is 1. The minimum absolute atomic E-state index is 0.0142. The van der Waals surface area contributed by atoms with Crippen LogP contribution in [0.15, 0.2) is 28.8 Å². The number of amides is 2. The number of rotatable bonds is 6. The number of hydrogen-bond acceptors (Lipinski definition) is 5. The normalized spacial score (nSPS) is 19.7. The molecule has 0 spiro atoms. The summed E-state index contributed by atoms with van der Waals surface area (Å²) in [6.07, 6.45) is 5.19. The second kappa shape index (κ2) is 7.98. The van der Waals surface area contributed by atoms with Crippen LogP contribution in [0.4, 0.5) is 4.79 Å². The summed E-state index contributed by atoms with van der Waals surface area (Å²) in [6.45, 7) is 2.04. The van der Waals surface area contributed by atoms with Crippen molar-refractivity contribution in [1.29, 1.82) is 0 Å². The second-order valence-electron chi connectivity index (χ2n) is 7.49. The Bertz CT molecular complexity index is 770. The van der Waals surface area contributed by atoms with Crippen molar-refractivity contribution >= 4 is 6.03 Å². The molecule has 1 atom stereocenters. The van der Waals surface area contributed by atoms with Gasteiger partial charge in [0.25, 0.3) is 0 Å². The lowest BCUT2D eigenvalue weighted by Gasteiger charge is -2.32. The molecule has 27 heavy (non-hydrogen) atoms. The van der Waals surface area contributed by atoms with E-state index < -0.39 is 0 Å². The molecule has 0 radical (unpaired) electrons. The molecule has 1 aliphatic heterocycles. The van der Waals surface area contributed by atoms with Crippen LogP contribution in [0, 0.1) is 5.92 Å². The van der Waals surface area contributed by atoms with Crippen LogP contribution in [0.2, 0.25) is 0 Å². The van der Waals surface area contributed by atoms with E-state index in [0.29, 0.717) is 24.3 Å². The fourth-order valence-corrected chi connectivity index (χ4v) is 3.55. The van der Waals surface area contributed by atoms with Gasteiger partial charge in [-0.3, -0.25) is 0 Å². The molecule has 2 heterocycles. The zero-order valence-corrected chi connectivity index (χ0v) is 15.7. The monoisotopic (exact) mass is 370 g/mol. The summed E-state index contributed by atoms with van der Waals surface area (Å²) < 4.78 is 10.6. The Kier molecular flexibility index (Phi) is 5.27. The van der Waals surface area contributed by atoms with Crippen LogP contribution in [0.5, 0.6) is 5.75 Å². The highest BCUT2D eigenvalue weighted by Crippen LogP contribution is 2.38. The van der Waals surface area contributed by atoms with Gasteiger partial charge in [0, 0.05) is 32.0 Å². The number of aromatic nitrogens is 2. The molecule has 1 unspecified atom stereocenters. The third-order valence-electron chi connectivity index (χ3n) is 5.30. The number of likely N-dealkylation sites (tertiary alicyclic amines) is 1. The standard InChI is InChI=1S/C20H26N4O3/c1-26-17-8-4-14(5-9-17)12-21-20(25)24-10-2-3-15(13-24)11-18-22-19(23-27-18)16-6-7-16/h4-5,8-9,15-16H,2-3,6-7,10-13H2,1H3,(H,21,25). The first-order valence-electron chi connectivity index (χ1n) is 9.69. The van der Waals surface area contributed by atoms with E-state index in [1.807, 2.05) is 29.2 Å². The van der Waals surface area contributed by atoms with E-state index in [-0.39, 0.29) is 6.03 Å². The molecule has 1 aliphatic carbocycles. The van der Waals surface area contributed by atoms with Crippen LogP contribution in [0.1, 0.15) is 48.9 Å². The summed E-state index contributed by atoms with van der Waals surface area (Å²) in [6, 6.07) is 7.72. The van der Waals surface area contributed by atoms with Crippen molar-refractivity contribution in [2.24, 2.45) is 5.92 Å². The Morgan fingerprint density at radius 2 is 2.11 bits per heavy atom. The Morgan fingerprint density at radius 3 is 2.85 bits per heavy atom. The predicted molar refractivity (Wildman–Crippen MR) is 99.5 cm³/mol. The lowest BCUT2D eigenvalue weighted by atomic mass is 9.95. The fourth-order valence-electron chi connectivity index (χ4n) is 3.55. The lowest BCUT2D eigenvalue weighted by molar-refractivity contribution is 0.161. The van der Waals surface area contributed by atoms with Gasteiger partial charge in [-0.2, -0.15) is 4.98 Å². The van der Waals surface area contributed by atoms with E-state index in [4.69, 9.17) is 9.26 Å². The molecule has 0 bridgehead atoms. The van der Waals surface area contributed by atoms with Gasteiger partial charge in [0.05, 0.1) is 7.11 Å². The number of hydrogen-bond donors (Lipinski definition) is 1. The minimum atomic E-state index is -0.0142. The SMILES string of the molecule is COc1ccc(CNC(=O)N2CCCC(Cc3nc(C4CC4)no3)C2)cc1.